The lowest BCUT2D eigenvalue weighted by Gasteiger charge is -2.29. The molecule has 0 aliphatic carbocycles. The Kier molecular flexibility index (Phi) is 5.38. The Bertz CT molecular complexity index is 928. The zero-order valence-corrected chi connectivity index (χ0v) is 16.1. The number of methoxy groups -OCH3 is 2. The number of benzene rings is 2. The molecule has 0 atom stereocenters. The monoisotopic (exact) mass is 380 g/mol. The van der Waals surface area contributed by atoms with E-state index in [9.17, 15) is 0 Å². The first kappa shape index (κ1) is 18.2. The van der Waals surface area contributed by atoms with E-state index < -0.39 is 0 Å². The van der Waals surface area contributed by atoms with Crippen LogP contribution in [-0.2, 0) is 13.0 Å². The lowest BCUT2D eigenvalue weighted by Crippen LogP contribution is -2.34. The quantitative estimate of drug-likeness (QED) is 0.673. The van der Waals surface area contributed by atoms with Crippen molar-refractivity contribution >= 4 is 5.95 Å². The zero-order chi connectivity index (χ0) is 19.3. The van der Waals surface area contributed by atoms with Gasteiger partial charge in [0.2, 0.25) is 5.95 Å². The lowest BCUT2D eigenvalue weighted by atomic mass is 9.99. The number of hydrogen-bond acceptors (Lipinski definition) is 7. The van der Waals surface area contributed by atoms with Crippen LogP contribution in [0, 0.1) is 0 Å². The van der Waals surface area contributed by atoms with Crippen molar-refractivity contribution in [1.29, 1.82) is 0 Å². The fraction of sp³-hybridized carbons (Fsp3) is 0.350. The van der Waals surface area contributed by atoms with Crippen LogP contribution in [0.15, 0.2) is 42.5 Å². The molecule has 28 heavy (non-hydrogen) atoms. The van der Waals surface area contributed by atoms with Crippen LogP contribution in [0.25, 0.3) is 5.69 Å². The maximum Gasteiger partial charge on any atom is 0.247 e. The minimum Gasteiger partial charge on any atom is -0.493 e. The van der Waals surface area contributed by atoms with Crippen molar-refractivity contribution in [2.75, 3.05) is 39.2 Å². The van der Waals surface area contributed by atoms with Gasteiger partial charge in [0, 0.05) is 26.2 Å². The highest BCUT2D eigenvalue weighted by atomic mass is 16.5. The Morgan fingerprint density at radius 1 is 1.04 bits per heavy atom. The minimum atomic E-state index is 0.648. The van der Waals surface area contributed by atoms with Crippen molar-refractivity contribution in [2.45, 2.75) is 13.0 Å². The summed E-state index contributed by atoms with van der Waals surface area (Å²) in [5, 5.41) is 15.3. The van der Waals surface area contributed by atoms with Gasteiger partial charge < -0.3 is 14.8 Å². The molecular formula is C20H24N6O2. The van der Waals surface area contributed by atoms with Gasteiger partial charge in [0.15, 0.2) is 11.5 Å². The molecule has 8 heteroatoms. The first-order chi connectivity index (χ1) is 13.8. The molecule has 0 bridgehead atoms. The average Bonchev–Trinajstić information content (AvgIpc) is 3.21. The van der Waals surface area contributed by atoms with Crippen molar-refractivity contribution in [2.24, 2.45) is 0 Å². The zero-order valence-electron chi connectivity index (χ0n) is 16.1. The third kappa shape index (κ3) is 3.77. The summed E-state index contributed by atoms with van der Waals surface area (Å²) in [7, 11) is 3.35. The molecular weight excluding hydrogens is 356 g/mol. The van der Waals surface area contributed by atoms with Crippen molar-refractivity contribution in [1.82, 2.24) is 25.1 Å². The summed E-state index contributed by atoms with van der Waals surface area (Å²) in [4.78, 5) is 2.41. The summed E-state index contributed by atoms with van der Waals surface area (Å²) in [5.41, 5.74) is 3.55. The van der Waals surface area contributed by atoms with Crippen LogP contribution in [0.1, 0.15) is 11.1 Å². The van der Waals surface area contributed by atoms with Gasteiger partial charge in [0.25, 0.3) is 0 Å². The second-order valence-corrected chi connectivity index (χ2v) is 6.68. The molecule has 1 N–H and O–H groups in total. The third-order valence-corrected chi connectivity index (χ3v) is 4.98. The van der Waals surface area contributed by atoms with E-state index in [4.69, 9.17) is 9.47 Å². The predicted molar refractivity (Wildman–Crippen MR) is 106 cm³/mol. The van der Waals surface area contributed by atoms with Gasteiger partial charge in [-0.2, -0.15) is 4.68 Å². The van der Waals surface area contributed by atoms with Crippen LogP contribution in [0.4, 0.5) is 5.95 Å². The maximum absolute atomic E-state index is 5.44. The summed E-state index contributed by atoms with van der Waals surface area (Å²) < 4.78 is 12.6. The van der Waals surface area contributed by atoms with Gasteiger partial charge in [-0.1, -0.05) is 23.3 Å². The highest BCUT2D eigenvalue weighted by Gasteiger charge is 2.19. The minimum absolute atomic E-state index is 0.648. The molecule has 2 aromatic carbocycles. The average molecular weight is 380 g/mol. The second-order valence-electron chi connectivity index (χ2n) is 6.68. The SMILES string of the molecule is COc1cc2c(cc1OC)CN(CCNc1nnnn1-c1ccccc1)CC2. The molecule has 0 spiro atoms. The smallest absolute Gasteiger partial charge is 0.247 e. The highest BCUT2D eigenvalue weighted by Crippen LogP contribution is 2.33. The third-order valence-electron chi connectivity index (χ3n) is 4.98. The molecule has 0 fully saturated rings. The molecule has 1 aliphatic rings. The van der Waals surface area contributed by atoms with Gasteiger partial charge >= 0.3 is 0 Å². The molecule has 0 saturated heterocycles. The normalized spacial score (nSPS) is 13.8. The van der Waals surface area contributed by atoms with Gasteiger partial charge in [0.1, 0.15) is 0 Å². The van der Waals surface area contributed by atoms with Crippen molar-refractivity contribution in [3.05, 3.63) is 53.6 Å². The first-order valence-electron chi connectivity index (χ1n) is 9.32. The molecule has 0 unspecified atom stereocenters. The van der Waals surface area contributed by atoms with E-state index in [0.29, 0.717) is 5.95 Å². The van der Waals surface area contributed by atoms with E-state index in [-0.39, 0.29) is 0 Å². The molecule has 2 heterocycles. The molecule has 0 radical (unpaired) electrons. The number of tetrazole rings is 1. The van der Waals surface area contributed by atoms with E-state index in [2.05, 4.69) is 37.9 Å². The molecule has 1 aromatic heterocycles. The Hall–Kier alpha value is -3.13. The molecule has 8 nitrogen and oxygen atoms in total. The Morgan fingerprint density at radius 2 is 1.79 bits per heavy atom. The standard InChI is InChI=1S/C20H24N6O2/c1-27-18-12-15-8-10-25(14-16(15)13-19(18)28-2)11-9-21-20-22-23-24-26(20)17-6-4-3-5-7-17/h3-7,12-13H,8-11,14H2,1-2H3,(H,21,22,24). The van der Waals surface area contributed by atoms with Gasteiger partial charge in [-0.05, 0) is 52.2 Å². The number of para-hydroxylation sites is 1. The van der Waals surface area contributed by atoms with Crippen LogP contribution in [0.2, 0.25) is 0 Å². The van der Waals surface area contributed by atoms with E-state index in [1.165, 1.54) is 11.1 Å². The number of nitrogens with one attached hydrogen (secondary N) is 1. The van der Waals surface area contributed by atoms with Crippen LogP contribution in [-0.4, -0.2) is 59.0 Å². The van der Waals surface area contributed by atoms with E-state index in [1.54, 1.807) is 18.9 Å². The topological polar surface area (TPSA) is 77.3 Å². The van der Waals surface area contributed by atoms with Crippen LogP contribution in [0.5, 0.6) is 11.5 Å². The number of hydrogen-bond donors (Lipinski definition) is 1. The number of ether oxygens (including phenoxy) is 2. The summed E-state index contributed by atoms with van der Waals surface area (Å²) >= 11 is 0. The molecule has 1 aliphatic heterocycles. The number of anilines is 1. The Morgan fingerprint density at radius 3 is 2.54 bits per heavy atom. The number of aromatic nitrogens is 4. The second kappa shape index (κ2) is 8.26. The Labute approximate surface area is 164 Å². The van der Waals surface area contributed by atoms with Crippen LogP contribution < -0.4 is 14.8 Å². The summed E-state index contributed by atoms with van der Waals surface area (Å²) in [6.45, 7) is 3.56. The van der Waals surface area contributed by atoms with Crippen LogP contribution in [0.3, 0.4) is 0 Å². The first-order valence-corrected chi connectivity index (χ1v) is 9.32. The number of nitrogens with zero attached hydrogens (tertiary/aromatic N) is 5. The van der Waals surface area contributed by atoms with Crippen molar-refractivity contribution in [3.63, 3.8) is 0 Å². The number of fused-ring (bicyclic) bond motifs is 1. The van der Waals surface area contributed by atoms with E-state index in [0.717, 1.165) is 49.8 Å². The van der Waals surface area contributed by atoms with Gasteiger partial charge in [-0.25, -0.2) is 0 Å². The Balaban J connectivity index is 1.37. The maximum atomic E-state index is 5.44. The highest BCUT2D eigenvalue weighted by molar-refractivity contribution is 5.48. The van der Waals surface area contributed by atoms with E-state index in [1.807, 2.05) is 30.3 Å². The molecule has 3 aromatic rings. The van der Waals surface area contributed by atoms with Crippen molar-refractivity contribution in [3.8, 4) is 17.2 Å². The largest absolute Gasteiger partial charge is 0.493 e. The fourth-order valence-corrected chi connectivity index (χ4v) is 3.50. The van der Waals surface area contributed by atoms with Crippen LogP contribution >= 0.6 is 0 Å². The summed E-state index contributed by atoms with van der Waals surface area (Å²) in [5.74, 6) is 2.22. The molecule has 4 rings (SSSR count). The predicted octanol–water partition coefficient (Wildman–Crippen LogP) is 2.15. The molecule has 146 valence electrons. The lowest BCUT2D eigenvalue weighted by molar-refractivity contribution is 0.262. The fourth-order valence-electron chi connectivity index (χ4n) is 3.50. The van der Waals surface area contributed by atoms with E-state index >= 15 is 0 Å². The molecule has 0 saturated carbocycles. The number of rotatable bonds is 7. The van der Waals surface area contributed by atoms with Gasteiger partial charge in [-0.3, -0.25) is 4.90 Å². The summed E-state index contributed by atoms with van der Waals surface area (Å²) in [6, 6.07) is 14.0. The van der Waals surface area contributed by atoms with Crippen molar-refractivity contribution < 1.29 is 9.47 Å². The summed E-state index contributed by atoms with van der Waals surface area (Å²) in [6.07, 6.45) is 0.997. The molecule has 0 amide bonds. The van der Waals surface area contributed by atoms with Gasteiger partial charge in [0.05, 0.1) is 19.9 Å². The van der Waals surface area contributed by atoms with Gasteiger partial charge in [-0.15, -0.1) is 0 Å².